The third-order valence-electron chi connectivity index (χ3n) is 4.67. The van der Waals surface area contributed by atoms with Gasteiger partial charge < -0.3 is 14.6 Å². The van der Waals surface area contributed by atoms with E-state index in [1.165, 1.54) is 24.3 Å². The van der Waals surface area contributed by atoms with Crippen LogP contribution in [0, 0.1) is 0 Å². The van der Waals surface area contributed by atoms with Gasteiger partial charge in [-0.3, -0.25) is 15.2 Å². The molecule has 2 aromatic carbocycles. The summed E-state index contributed by atoms with van der Waals surface area (Å²) in [7, 11) is 0. The normalized spacial score (nSPS) is 11.1. The third kappa shape index (κ3) is 6.22. The number of nitrogens with one attached hydrogen (secondary N) is 1. The van der Waals surface area contributed by atoms with Crippen LogP contribution in [-0.2, 0) is 11.0 Å². The molecule has 3 aromatic rings. The Labute approximate surface area is 198 Å². The number of rotatable bonds is 10. The van der Waals surface area contributed by atoms with Gasteiger partial charge in [-0.1, -0.05) is 12.1 Å². The molecule has 1 amide bonds. The van der Waals surface area contributed by atoms with E-state index in [9.17, 15) is 22.8 Å². The molecule has 0 radical (unpaired) electrons. The van der Waals surface area contributed by atoms with E-state index in [0.29, 0.717) is 18.0 Å². The Bertz CT molecular complexity index is 1180. The number of aliphatic carboxylic acids is 1. The molecule has 0 unspecified atom stereocenters. The summed E-state index contributed by atoms with van der Waals surface area (Å²) in [6.07, 6.45) is -3.98. The molecular weight excluding hydrogens is 469 g/mol. The average molecular weight is 492 g/mol. The number of nitrogens with zero attached hydrogens (tertiary/aromatic N) is 3. The number of hydrazine groups is 1. The molecule has 0 bridgehead atoms. The summed E-state index contributed by atoms with van der Waals surface area (Å²) in [4.78, 5) is 24.0. The van der Waals surface area contributed by atoms with Gasteiger partial charge in [0.1, 0.15) is 17.2 Å². The SMILES string of the molecule is CCOc1ccc(NN(CC)C(=O)c2cn(-c3ccccc3OCC(=O)O)nc2C(F)(F)F)cc1. The van der Waals surface area contributed by atoms with Crippen LogP contribution in [0.5, 0.6) is 11.5 Å². The highest BCUT2D eigenvalue weighted by molar-refractivity contribution is 5.96. The van der Waals surface area contributed by atoms with Gasteiger partial charge in [0.2, 0.25) is 0 Å². The molecule has 1 heterocycles. The minimum Gasteiger partial charge on any atom is -0.494 e. The lowest BCUT2D eigenvalue weighted by Gasteiger charge is -2.23. The van der Waals surface area contributed by atoms with E-state index >= 15 is 0 Å². The molecule has 2 N–H and O–H groups in total. The molecule has 35 heavy (non-hydrogen) atoms. The zero-order chi connectivity index (χ0) is 25.6. The number of amides is 1. The summed E-state index contributed by atoms with van der Waals surface area (Å²) in [5, 5.41) is 13.5. The van der Waals surface area contributed by atoms with Gasteiger partial charge in [0.15, 0.2) is 12.3 Å². The quantitative estimate of drug-likeness (QED) is 0.408. The van der Waals surface area contributed by atoms with Crippen LogP contribution in [-0.4, -0.2) is 51.5 Å². The smallest absolute Gasteiger partial charge is 0.435 e. The van der Waals surface area contributed by atoms with Gasteiger partial charge in [-0.25, -0.2) is 9.48 Å². The summed E-state index contributed by atoms with van der Waals surface area (Å²) < 4.78 is 52.8. The van der Waals surface area contributed by atoms with E-state index in [-0.39, 0.29) is 18.0 Å². The standard InChI is InChI=1S/C23H23F3N4O5/c1-3-29(27-15-9-11-16(12-10-15)34-4-2)22(33)17-13-30(28-21(17)23(24,25)26)18-7-5-6-8-19(18)35-14-20(31)32/h5-13,27H,3-4,14H2,1-2H3,(H,31,32). The molecule has 0 fully saturated rings. The number of halogens is 3. The van der Waals surface area contributed by atoms with Crippen LogP contribution in [0.1, 0.15) is 29.9 Å². The minimum absolute atomic E-state index is 0.00927. The summed E-state index contributed by atoms with van der Waals surface area (Å²) in [5.41, 5.74) is 1.24. The lowest BCUT2D eigenvalue weighted by atomic mass is 10.2. The molecule has 0 atom stereocenters. The molecule has 12 heteroatoms. The Morgan fingerprint density at radius 2 is 1.77 bits per heavy atom. The number of carboxylic acids is 1. The Morgan fingerprint density at radius 3 is 2.37 bits per heavy atom. The first-order chi connectivity index (χ1) is 16.6. The lowest BCUT2D eigenvalue weighted by molar-refractivity contribution is -0.141. The Hall–Kier alpha value is -4.22. The second kappa shape index (κ2) is 10.8. The summed E-state index contributed by atoms with van der Waals surface area (Å²) in [6, 6.07) is 12.4. The van der Waals surface area contributed by atoms with Crippen LogP contribution < -0.4 is 14.9 Å². The molecule has 3 rings (SSSR count). The molecule has 0 saturated heterocycles. The lowest BCUT2D eigenvalue weighted by Crippen LogP contribution is -2.36. The Balaban J connectivity index is 1.95. The first-order valence-corrected chi connectivity index (χ1v) is 10.6. The number of alkyl halides is 3. The molecule has 1 aromatic heterocycles. The fourth-order valence-electron chi connectivity index (χ4n) is 3.14. The van der Waals surface area contributed by atoms with Crippen molar-refractivity contribution in [3.05, 3.63) is 66.0 Å². The monoisotopic (exact) mass is 492 g/mol. The highest BCUT2D eigenvalue weighted by atomic mass is 19.4. The van der Waals surface area contributed by atoms with E-state index in [1.807, 2.05) is 6.92 Å². The van der Waals surface area contributed by atoms with Gasteiger partial charge in [-0.15, -0.1) is 0 Å². The Kier molecular flexibility index (Phi) is 7.84. The van der Waals surface area contributed by atoms with Crippen LogP contribution in [0.3, 0.4) is 0 Å². The summed E-state index contributed by atoms with van der Waals surface area (Å²) >= 11 is 0. The van der Waals surface area contributed by atoms with Crippen LogP contribution in [0.2, 0.25) is 0 Å². The van der Waals surface area contributed by atoms with Crippen molar-refractivity contribution in [2.75, 3.05) is 25.2 Å². The van der Waals surface area contributed by atoms with Crippen molar-refractivity contribution >= 4 is 17.6 Å². The number of benzene rings is 2. The maximum atomic E-state index is 13.8. The zero-order valence-corrected chi connectivity index (χ0v) is 18.9. The van der Waals surface area contributed by atoms with Crippen molar-refractivity contribution in [2.24, 2.45) is 0 Å². The fraction of sp³-hybridized carbons (Fsp3) is 0.261. The number of para-hydroxylation sites is 2. The van der Waals surface area contributed by atoms with Crippen molar-refractivity contribution in [1.29, 1.82) is 0 Å². The average Bonchev–Trinajstić information content (AvgIpc) is 3.28. The molecule has 9 nitrogen and oxygen atoms in total. The summed E-state index contributed by atoms with van der Waals surface area (Å²) in [6.45, 7) is 3.25. The van der Waals surface area contributed by atoms with Gasteiger partial charge >= 0.3 is 12.1 Å². The van der Waals surface area contributed by atoms with Crippen molar-refractivity contribution in [3.63, 3.8) is 0 Å². The number of hydrogen-bond acceptors (Lipinski definition) is 6. The van der Waals surface area contributed by atoms with E-state index in [0.717, 1.165) is 15.9 Å². The molecule has 0 aliphatic heterocycles. The molecule has 0 saturated carbocycles. The first-order valence-electron chi connectivity index (χ1n) is 10.6. The maximum absolute atomic E-state index is 13.8. The van der Waals surface area contributed by atoms with Crippen LogP contribution in [0.4, 0.5) is 18.9 Å². The predicted octanol–water partition coefficient (Wildman–Crippen LogP) is 4.24. The molecular formula is C23H23F3N4O5. The fourth-order valence-corrected chi connectivity index (χ4v) is 3.14. The Morgan fingerprint density at radius 1 is 1.09 bits per heavy atom. The number of hydrogen-bond donors (Lipinski definition) is 2. The van der Waals surface area contributed by atoms with Crippen molar-refractivity contribution in [1.82, 2.24) is 14.8 Å². The number of ether oxygens (including phenoxy) is 2. The van der Waals surface area contributed by atoms with Gasteiger partial charge in [0, 0.05) is 12.7 Å². The van der Waals surface area contributed by atoms with Crippen molar-refractivity contribution in [2.45, 2.75) is 20.0 Å². The molecule has 0 aliphatic rings. The minimum atomic E-state index is -4.92. The van der Waals surface area contributed by atoms with Gasteiger partial charge in [-0.2, -0.15) is 18.3 Å². The number of carbonyl (C=O) groups is 2. The van der Waals surface area contributed by atoms with E-state index in [1.54, 1.807) is 31.2 Å². The van der Waals surface area contributed by atoms with Crippen molar-refractivity contribution < 1.29 is 37.3 Å². The topological polar surface area (TPSA) is 106 Å². The third-order valence-corrected chi connectivity index (χ3v) is 4.67. The predicted molar refractivity (Wildman–Crippen MR) is 120 cm³/mol. The van der Waals surface area contributed by atoms with Crippen LogP contribution in [0.25, 0.3) is 5.69 Å². The number of aromatic nitrogens is 2. The van der Waals surface area contributed by atoms with E-state index in [4.69, 9.17) is 14.6 Å². The van der Waals surface area contributed by atoms with Gasteiger partial charge in [-0.05, 0) is 50.2 Å². The molecule has 186 valence electrons. The van der Waals surface area contributed by atoms with Gasteiger partial charge in [0.05, 0.1) is 17.9 Å². The number of anilines is 1. The summed E-state index contributed by atoms with van der Waals surface area (Å²) in [5.74, 6) is -1.61. The zero-order valence-electron chi connectivity index (χ0n) is 18.9. The van der Waals surface area contributed by atoms with E-state index < -0.39 is 35.9 Å². The van der Waals surface area contributed by atoms with Gasteiger partial charge in [0.25, 0.3) is 5.91 Å². The first kappa shape index (κ1) is 25.4. The van der Waals surface area contributed by atoms with E-state index in [2.05, 4.69) is 10.5 Å². The largest absolute Gasteiger partial charge is 0.494 e. The maximum Gasteiger partial charge on any atom is 0.435 e. The van der Waals surface area contributed by atoms with Crippen molar-refractivity contribution in [3.8, 4) is 17.2 Å². The second-order valence-corrected chi connectivity index (χ2v) is 7.10. The second-order valence-electron chi connectivity index (χ2n) is 7.10. The highest BCUT2D eigenvalue weighted by Gasteiger charge is 2.40. The number of carboxylic acid groups (broad SMARTS) is 1. The molecule has 0 aliphatic carbocycles. The van der Waals surface area contributed by atoms with Crippen LogP contribution >= 0.6 is 0 Å². The number of carbonyl (C=O) groups excluding carboxylic acids is 1. The van der Waals surface area contributed by atoms with Crippen LogP contribution in [0.15, 0.2) is 54.7 Å². The highest BCUT2D eigenvalue weighted by Crippen LogP contribution is 2.33. The molecule has 0 spiro atoms.